The van der Waals surface area contributed by atoms with E-state index in [1.165, 1.54) is 16.7 Å². The molecule has 0 nitrogen and oxygen atoms in total. The van der Waals surface area contributed by atoms with Crippen molar-refractivity contribution in [3.05, 3.63) is 59.7 Å². The quantitative estimate of drug-likeness (QED) is 0.555. The number of rotatable bonds is 3. The molecule has 0 saturated carbocycles. The van der Waals surface area contributed by atoms with E-state index in [2.05, 4.69) is 55.5 Å². The Balaban J connectivity index is 2.29. The van der Waals surface area contributed by atoms with E-state index in [1.54, 1.807) is 0 Å². The normalized spacial score (nSPS) is 10.2. The van der Waals surface area contributed by atoms with Gasteiger partial charge in [-0.1, -0.05) is 67.7 Å². The summed E-state index contributed by atoms with van der Waals surface area (Å²) in [5.41, 5.74) is 5.01. The van der Waals surface area contributed by atoms with Crippen LogP contribution in [0, 0.1) is 0 Å². The average Bonchev–Trinajstić information content (AvgIpc) is 2.39. The fourth-order valence-corrected chi connectivity index (χ4v) is 1.97. The number of aryl methyl sites for hydroxylation is 1. The number of hydrogen-bond donors (Lipinski definition) is 0. The Morgan fingerprint density at radius 3 is 1.76 bits per heavy atom. The summed E-state index contributed by atoms with van der Waals surface area (Å²) in [6, 6.07) is 17.2. The second-order valence-electron chi connectivity index (χ2n) is 4.18. The van der Waals surface area contributed by atoms with Crippen molar-refractivity contribution in [3.8, 4) is 11.1 Å². The van der Waals surface area contributed by atoms with E-state index in [4.69, 9.17) is 12.2 Å². The molecule has 86 valence electrons. The van der Waals surface area contributed by atoms with Crippen LogP contribution in [0.3, 0.4) is 0 Å². The third-order valence-corrected chi connectivity index (χ3v) is 3.22. The Kier molecular flexibility index (Phi) is 3.70. The van der Waals surface area contributed by atoms with Gasteiger partial charge in [0.05, 0.1) is 0 Å². The van der Waals surface area contributed by atoms with Crippen molar-refractivity contribution in [2.75, 3.05) is 0 Å². The van der Waals surface area contributed by atoms with E-state index >= 15 is 0 Å². The molecule has 0 aliphatic carbocycles. The molecule has 2 aromatic rings. The molecule has 0 aromatic heterocycles. The van der Waals surface area contributed by atoms with Crippen molar-refractivity contribution < 1.29 is 0 Å². The molecule has 0 fully saturated rings. The summed E-state index contributed by atoms with van der Waals surface area (Å²) in [4.78, 5) is 0.942. The minimum atomic E-state index is 0.942. The molecule has 0 aliphatic heterocycles. The lowest BCUT2D eigenvalue weighted by Crippen LogP contribution is -1.89. The highest BCUT2D eigenvalue weighted by Crippen LogP contribution is 2.20. The maximum Gasteiger partial charge on any atom is 0.0193 e. The third-order valence-electron chi connectivity index (χ3n) is 2.99. The van der Waals surface area contributed by atoms with Gasteiger partial charge in [-0.05, 0) is 35.6 Å². The number of hydrogen-bond acceptors (Lipinski definition) is 1. The highest BCUT2D eigenvalue weighted by atomic mass is 32.1. The Morgan fingerprint density at radius 2 is 1.35 bits per heavy atom. The van der Waals surface area contributed by atoms with E-state index in [0.29, 0.717) is 0 Å². The minimum Gasteiger partial charge on any atom is -0.0846 e. The molecule has 0 N–H and O–H groups in total. The molecule has 0 amide bonds. The fraction of sp³-hybridized carbons (Fsp3) is 0.188. The second kappa shape index (κ2) is 5.24. The number of thiocarbonyl (C=S) groups is 1. The van der Waals surface area contributed by atoms with Gasteiger partial charge in [0.2, 0.25) is 0 Å². The molecular weight excluding hydrogens is 224 g/mol. The molecule has 0 heterocycles. The zero-order valence-corrected chi connectivity index (χ0v) is 11.1. The van der Waals surface area contributed by atoms with Crippen LogP contribution >= 0.6 is 12.2 Å². The highest BCUT2D eigenvalue weighted by molar-refractivity contribution is 7.80. The molecule has 17 heavy (non-hydrogen) atoms. The van der Waals surface area contributed by atoms with Crippen molar-refractivity contribution in [1.29, 1.82) is 0 Å². The molecule has 0 bridgehead atoms. The summed E-state index contributed by atoms with van der Waals surface area (Å²) in [6.07, 6.45) is 1.09. The fourth-order valence-electron chi connectivity index (χ4n) is 1.83. The highest BCUT2D eigenvalue weighted by Gasteiger charge is 1.99. The lowest BCUT2D eigenvalue weighted by Gasteiger charge is -2.04. The summed E-state index contributed by atoms with van der Waals surface area (Å²) < 4.78 is 0. The Morgan fingerprint density at radius 1 is 0.882 bits per heavy atom. The van der Waals surface area contributed by atoms with Crippen LogP contribution in [0.15, 0.2) is 48.5 Å². The van der Waals surface area contributed by atoms with Gasteiger partial charge < -0.3 is 0 Å². The summed E-state index contributed by atoms with van der Waals surface area (Å²) in [6.45, 7) is 4.13. The van der Waals surface area contributed by atoms with Crippen molar-refractivity contribution in [2.45, 2.75) is 20.3 Å². The van der Waals surface area contributed by atoms with Gasteiger partial charge in [-0.25, -0.2) is 0 Å². The lowest BCUT2D eigenvalue weighted by atomic mass is 10.0. The second-order valence-corrected chi connectivity index (χ2v) is 4.80. The van der Waals surface area contributed by atoms with E-state index < -0.39 is 0 Å². The van der Waals surface area contributed by atoms with Crippen LogP contribution in [-0.4, -0.2) is 4.86 Å². The van der Waals surface area contributed by atoms with Gasteiger partial charge in [0, 0.05) is 4.86 Å². The predicted octanol–water partition coefficient (Wildman–Crippen LogP) is 4.65. The summed E-state index contributed by atoms with van der Waals surface area (Å²) in [5, 5.41) is 0. The van der Waals surface area contributed by atoms with Crippen LogP contribution in [0.1, 0.15) is 25.0 Å². The molecular formula is C16H16S. The van der Waals surface area contributed by atoms with E-state index in [9.17, 15) is 0 Å². The molecule has 0 spiro atoms. The zero-order chi connectivity index (χ0) is 12.3. The molecule has 1 heteroatoms. The maximum absolute atomic E-state index is 5.15. The topological polar surface area (TPSA) is 0 Å². The van der Waals surface area contributed by atoms with Gasteiger partial charge in [0.1, 0.15) is 0 Å². The Labute approximate surface area is 108 Å². The van der Waals surface area contributed by atoms with Gasteiger partial charge in [-0.2, -0.15) is 0 Å². The van der Waals surface area contributed by atoms with Crippen LogP contribution in [-0.2, 0) is 6.42 Å². The lowest BCUT2D eigenvalue weighted by molar-refractivity contribution is 1.14. The smallest absolute Gasteiger partial charge is 0.0193 e. The van der Waals surface area contributed by atoms with Crippen molar-refractivity contribution in [2.24, 2.45) is 0 Å². The van der Waals surface area contributed by atoms with E-state index in [0.717, 1.165) is 16.8 Å². The zero-order valence-electron chi connectivity index (χ0n) is 10.2. The Hall–Kier alpha value is -1.47. The average molecular weight is 240 g/mol. The SMILES string of the molecule is CCc1ccc(-c2ccc(C(C)=S)cc2)cc1. The predicted molar refractivity (Wildman–Crippen MR) is 78.6 cm³/mol. The third kappa shape index (κ3) is 2.80. The summed E-state index contributed by atoms with van der Waals surface area (Å²) in [7, 11) is 0. The van der Waals surface area contributed by atoms with Crippen LogP contribution in [0.4, 0.5) is 0 Å². The van der Waals surface area contributed by atoms with E-state index in [-0.39, 0.29) is 0 Å². The molecule has 0 unspecified atom stereocenters. The number of benzene rings is 2. The Bertz CT molecular complexity index is 506. The molecule has 0 saturated heterocycles. The molecule has 0 atom stereocenters. The first-order valence-corrected chi connectivity index (χ1v) is 6.32. The summed E-state index contributed by atoms with van der Waals surface area (Å²) in [5.74, 6) is 0. The maximum atomic E-state index is 5.15. The summed E-state index contributed by atoms with van der Waals surface area (Å²) >= 11 is 5.15. The van der Waals surface area contributed by atoms with E-state index in [1.807, 2.05) is 6.92 Å². The first kappa shape index (κ1) is 12.0. The van der Waals surface area contributed by atoms with Crippen LogP contribution in [0.25, 0.3) is 11.1 Å². The standard InChI is InChI=1S/C16H16S/c1-3-13-4-6-15(7-5-13)16-10-8-14(9-11-16)12(2)17/h4-11H,3H2,1-2H3. The molecule has 2 aromatic carbocycles. The van der Waals surface area contributed by atoms with Gasteiger partial charge in [0.25, 0.3) is 0 Å². The van der Waals surface area contributed by atoms with Gasteiger partial charge >= 0.3 is 0 Å². The first-order chi connectivity index (χ1) is 8.20. The van der Waals surface area contributed by atoms with Gasteiger partial charge in [-0.15, -0.1) is 0 Å². The van der Waals surface area contributed by atoms with Gasteiger partial charge in [0.15, 0.2) is 0 Å². The minimum absolute atomic E-state index is 0.942. The van der Waals surface area contributed by atoms with Gasteiger partial charge in [-0.3, -0.25) is 0 Å². The first-order valence-electron chi connectivity index (χ1n) is 5.91. The van der Waals surface area contributed by atoms with Crippen molar-refractivity contribution >= 4 is 17.1 Å². The monoisotopic (exact) mass is 240 g/mol. The molecule has 2 rings (SSSR count). The largest absolute Gasteiger partial charge is 0.0846 e. The van der Waals surface area contributed by atoms with Crippen LogP contribution in [0.2, 0.25) is 0 Å². The molecule has 0 radical (unpaired) electrons. The van der Waals surface area contributed by atoms with Crippen molar-refractivity contribution in [3.63, 3.8) is 0 Å². The van der Waals surface area contributed by atoms with Crippen LogP contribution in [0.5, 0.6) is 0 Å². The van der Waals surface area contributed by atoms with Crippen LogP contribution < -0.4 is 0 Å². The van der Waals surface area contributed by atoms with Crippen molar-refractivity contribution in [1.82, 2.24) is 0 Å². The molecule has 0 aliphatic rings.